The second kappa shape index (κ2) is 18.8. The Morgan fingerprint density at radius 1 is 0.259 bits per heavy atom. The molecule has 85 heavy (non-hydrogen) atoms. The lowest BCUT2D eigenvalue weighted by molar-refractivity contribution is 0.802. The monoisotopic (exact) mass is 1110 g/mol. The maximum atomic E-state index is 2.57. The second-order valence-corrected chi connectivity index (χ2v) is 24.7. The average molecular weight is 1120 g/mol. The summed E-state index contributed by atoms with van der Waals surface area (Å²) < 4.78 is 5.17. The van der Waals surface area contributed by atoms with Gasteiger partial charge in [-0.25, -0.2) is 0 Å². The second-order valence-electron chi connectivity index (χ2n) is 22.6. The van der Waals surface area contributed by atoms with Crippen LogP contribution in [0.3, 0.4) is 0 Å². The van der Waals surface area contributed by atoms with Crippen LogP contribution < -0.4 is 9.80 Å². The number of thiophene rings is 2. The molecule has 0 fully saturated rings. The average Bonchev–Trinajstić information content (AvgIpc) is 1.51. The lowest BCUT2D eigenvalue weighted by Crippen LogP contribution is -2.26. The minimum absolute atomic E-state index is 0.579. The highest BCUT2D eigenvalue weighted by Crippen LogP contribution is 2.66. The molecule has 2 aliphatic rings. The van der Waals surface area contributed by atoms with Gasteiger partial charge in [0.15, 0.2) is 0 Å². The molecule has 0 saturated heterocycles. The van der Waals surface area contributed by atoms with Gasteiger partial charge in [-0.15, -0.1) is 22.7 Å². The van der Waals surface area contributed by atoms with E-state index < -0.39 is 5.41 Å². The summed E-state index contributed by atoms with van der Waals surface area (Å²) in [6, 6.07) is 113. The standard InChI is InChI=1S/C81H50N2S2/c1-3-19-55(20-4-1)82(73-33-17-29-66-63-26-11-15-35-75(63)84-79(66)73)57-43-37-51(38-44-57)53-41-47-59-54(49-53)42-48-68-77-65-28-8-7-23-60(65)69(50-72(77)81(78(59)68)70-31-13-9-24-61(70)62-25-10-14-32-71(62)81)52-39-45-58(46-40-52)83(56-21-5-2-6-22-56)74-34-18-30-67-64-27-12-16-36-76(64)85-80(67)74/h1-50H. The SMILES string of the molecule is c1ccc(N(c2ccc(-c3ccc4c5c(ccc4c3)-c3c(cc(-c4ccc(N(c6ccccc6)c6cccc7c6sc6ccccc67)cc4)c4ccccc34)C53c4ccccc4-c4ccccc43)cc2)c2cccc3c2sc2ccccc23)cc1. The topological polar surface area (TPSA) is 6.48 Å². The van der Waals surface area contributed by atoms with Crippen molar-refractivity contribution in [2.24, 2.45) is 0 Å². The van der Waals surface area contributed by atoms with E-state index in [1.807, 2.05) is 22.7 Å². The number of anilines is 6. The van der Waals surface area contributed by atoms with Crippen molar-refractivity contribution in [2.75, 3.05) is 9.80 Å². The van der Waals surface area contributed by atoms with Crippen LogP contribution in [0.2, 0.25) is 0 Å². The fraction of sp³-hybridized carbons (Fsp3) is 0.0123. The molecule has 0 aliphatic heterocycles. The molecular formula is C81H50N2S2. The van der Waals surface area contributed by atoms with Crippen molar-refractivity contribution in [3.8, 4) is 44.5 Å². The predicted octanol–water partition coefficient (Wildman–Crippen LogP) is 23.3. The zero-order chi connectivity index (χ0) is 55.7. The Bertz CT molecular complexity index is 5320. The molecule has 0 unspecified atom stereocenters. The lowest BCUT2D eigenvalue weighted by atomic mass is 9.69. The van der Waals surface area contributed by atoms with E-state index in [4.69, 9.17) is 0 Å². The summed E-state index contributed by atoms with van der Waals surface area (Å²) in [5, 5.41) is 10.2. The first-order chi connectivity index (χ1) is 42.2. The molecule has 0 saturated carbocycles. The number of fused-ring (bicyclic) bond motifs is 20. The number of benzene rings is 14. The van der Waals surface area contributed by atoms with Crippen LogP contribution in [0.1, 0.15) is 22.3 Å². The molecule has 4 heteroatoms. The van der Waals surface area contributed by atoms with Gasteiger partial charge >= 0.3 is 0 Å². The normalized spacial score (nSPS) is 12.8. The summed E-state index contributed by atoms with van der Waals surface area (Å²) >= 11 is 3.74. The van der Waals surface area contributed by atoms with E-state index in [2.05, 4.69) is 313 Å². The maximum Gasteiger partial charge on any atom is 0.0731 e. The predicted molar refractivity (Wildman–Crippen MR) is 364 cm³/mol. The number of para-hydroxylation sites is 2. The van der Waals surface area contributed by atoms with Crippen molar-refractivity contribution in [1.29, 1.82) is 0 Å². The van der Waals surface area contributed by atoms with Crippen LogP contribution >= 0.6 is 22.7 Å². The molecule has 0 radical (unpaired) electrons. The van der Waals surface area contributed by atoms with Gasteiger partial charge < -0.3 is 9.80 Å². The van der Waals surface area contributed by atoms with Crippen molar-refractivity contribution in [3.63, 3.8) is 0 Å². The summed E-state index contributed by atoms with van der Waals surface area (Å²) in [6.45, 7) is 0. The Morgan fingerprint density at radius 3 is 1.29 bits per heavy atom. The Labute approximate surface area is 500 Å². The molecule has 2 heterocycles. The highest BCUT2D eigenvalue weighted by molar-refractivity contribution is 7.26. The molecular weight excluding hydrogens is 1070 g/mol. The van der Waals surface area contributed by atoms with Gasteiger partial charge in [0.05, 0.1) is 26.2 Å². The zero-order valence-corrected chi connectivity index (χ0v) is 47.7. The summed E-state index contributed by atoms with van der Waals surface area (Å²) in [5.41, 5.74) is 21.6. The van der Waals surface area contributed by atoms with Crippen LogP contribution in [0.15, 0.2) is 303 Å². The first kappa shape index (κ1) is 48.2. The summed E-state index contributed by atoms with van der Waals surface area (Å²) in [7, 11) is 0. The quantitative estimate of drug-likeness (QED) is 0.150. The Hall–Kier alpha value is -10.4. The maximum absolute atomic E-state index is 2.57. The number of nitrogens with zero attached hydrogens (tertiary/aromatic N) is 2. The largest absolute Gasteiger partial charge is 0.309 e. The van der Waals surface area contributed by atoms with Crippen LogP contribution in [0.4, 0.5) is 34.1 Å². The molecule has 2 aliphatic carbocycles. The van der Waals surface area contributed by atoms with E-state index in [0.29, 0.717) is 0 Å². The molecule has 396 valence electrons. The van der Waals surface area contributed by atoms with Crippen molar-refractivity contribution in [2.45, 2.75) is 5.41 Å². The molecule has 0 bridgehead atoms. The molecule has 18 rings (SSSR count). The molecule has 2 aromatic heterocycles. The number of hydrogen-bond donors (Lipinski definition) is 0. The molecule has 14 aromatic carbocycles. The van der Waals surface area contributed by atoms with E-state index in [0.717, 1.165) is 22.7 Å². The highest BCUT2D eigenvalue weighted by atomic mass is 32.1. The van der Waals surface area contributed by atoms with E-state index >= 15 is 0 Å². The van der Waals surface area contributed by atoms with Gasteiger partial charge in [-0.2, -0.15) is 0 Å². The van der Waals surface area contributed by atoms with Gasteiger partial charge in [-0.3, -0.25) is 0 Å². The van der Waals surface area contributed by atoms with Gasteiger partial charge in [0, 0.05) is 53.7 Å². The number of hydrogen-bond acceptors (Lipinski definition) is 4. The molecule has 0 N–H and O–H groups in total. The van der Waals surface area contributed by atoms with Gasteiger partial charge in [-0.1, -0.05) is 218 Å². The van der Waals surface area contributed by atoms with E-state index in [1.165, 1.54) is 140 Å². The van der Waals surface area contributed by atoms with Gasteiger partial charge in [-0.05, 0) is 173 Å². The minimum atomic E-state index is -0.579. The Balaban J connectivity index is 0.786. The first-order valence-electron chi connectivity index (χ1n) is 29.2. The van der Waals surface area contributed by atoms with Gasteiger partial charge in [0.2, 0.25) is 0 Å². The van der Waals surface area contributed by atoms with Crippen molar-refractivity contribution < 1.29 is 0 Å². The van der Waals surface area contributed by atoms with Crippen molar-refractivity contribution in [1.82, 2.24) is 0 Å². The fourth-order valence-electron chi connectivity index (χ4n) is 14.7. The Morgan fingerprint density at radius 2 is 0.718 bits per heavy atom. The lowest BCUT2D eigenvalue weighted by Gasteiger charge is -2.32. The van der Waals surface area contributed by atoms with Gasteiger partial charge in [0.1, 0.15) is 0 Å². The highest BCUT2D eigenvalue weighted by Gasteiger charge is 2.53. The van der Waals surface area contributed by atoms with Crippen molar-refractivity contribution >= 4 is 119 Å². The van der Waals surface area contributed by atoms with Crippen LogP contribution in [0, 0.1) is 0 Å². The third kappa shape index (κ3) is 7.10. The summed E-state index contributed by atoms with van der Waals surface area (Å²) in [6.07, 6.45) is 0. The molecule has 16 aromatic rings. The molecule has 2 nitrogen and oxygen atoms in total. The molecule has 0 atom stereocenters. The first-order valence-corrected chi connectivity index (χ1v) is 30.9. The van der Waals surface area contributed by atoms with Crippen molar-refractivity contribution in [3.05, 3.63) is 326 Å². The third-order valence-corrected chi connectivity index (χ3v) is 20.7. The minimum Gasteiger partial charge on any atom is -0.309 e. The number of rotatable bonds is 8. The van der Waals surface area contributed by atoms with E-state index in [-0.39, 0.29) is 0 Å². The van der Waals surface area contributed by atoms with E-state index in [1.54, 1.807) is 0 Å². The van der Waals surface area contributed by atoms with Crippen LogP contribution in [-0.2, 0) is 5.41 Å². The van der Waals surface area contributed by atoms with E-state index in [9.17, 15) is 0 Å². The smallest absolute Gasteiger partial charge is 0.0731 e. The molecule has 1 spiro atoms. The summed E-state index contributed by atoms with van der Waals surface area (Å²) in [4.78, 5) is 4.85. The van der Waals surface area contributed by atoms with Crippen LogP contribution in [0.5, 0.6) is 0 Å². The Kier molecular flexibility index (Phi) is 10.7. The molecule has 0 amide bonds. The van der Waals surface area contributed by atoms with Crippen LogP contribution in [-0.4, -0.2) is 0 Å². The van der Waals surface area contributed by atoms with Gasteiger partial charge in [0.25, 0.3) is 0 Å². The fourth-order valence-corrected chi connectivity index (χ4v) is 17.1. The van der Waals surface area contributed by atoms with Crippen LogP contribution in [0.25, 0.3) is 106 Å². The summed E-state index contributed by atoms with van der Waals surface area (Å²) in [5.74, 6) is 0. The zero-order valence-electron chi connectivity index (χ0n) is 46.1. The third-order valence-electron chi connectivity index (χ3n) is 18.2.